The summed E-state index contributed by atoms with van der Waals surface area (Å²) in [6, 6.07) is 0. The molecule has 13 heavy (non-hydrogen) atoms. The Morgan fingerprint density at radius 1 is 1.46 bits per heavy atom. The zero-order chi connectivity index (χ0) is 10.0. The van der Waals surface area contributed by atoms with Crippen molar-refractivity contribution in [2.45, 2.75) is 6.43 Å². The largest absolute Gasteiger partial charge is 0.397 e. The van der Waals surface area contributed by atoms with Gasteiger partial charge >= 0.3 is 0 Å². The van der Waals surface area contributed by atoms with E-state index in [1.165, 1.54) is 0 Å². The Labute approximate surface area is 72.6 Å². The molecule has 0 fully saturated rings. The molecule has 0 amide bonds. The molecule has 0 spiro atoms. The SMILES string of the molecule is Nc1cnc(N)c(C(F)F)c1C=O. The molecule has 0 aromatic carbocycles. The Bertz CT molecular complexity index is 341. The van der Waals surface area contributed by atoms with Gasteiger partial charge in [-0.1, -0.05) is 0 Å². The molecule has 0 aliphatic rings. The lowest BCUT2D eigenvalue weighted by Crippen LogP contribution is -2.06. The van der Waals surface area contributed by atoms with Gasteiger partial charge in [0.2, 0.25) is 0 Å². The molecule has 0 aliphatic carbocycles. The molecule has 1 aromatic heterocycles. The first-order valence-electron chi connectivity index (χ1n) is 3.35. The molecule has 0 atom stereocenters. The highest BCUT2D eigenvalue weighted by atomic mass is 19.3. The molecular formula is C7H7F2N3O. The molecule has 1 aromatic rings. The van der Waals surface area contributed by atoms with Crippen LogP contribution in [0.4, 0.5) is 20.3 Å². The summed E-state index contributed by atoms with van der Waals surface area (Å²) in [7, 11) is 0. The average Bonchev–Trinajstić information content (AvgIpc) is 2.07. The molecule has 0 unspecified atom stereocenters. The number of anilines is 2. The Hall–Kier alpha value is -1.72. The number of nitrogen functional groups attached to an aromatic ring is 2. The summed E-state index contributed by atoms with van der Waals surface area (Å²) in [6.45, 7) is 0. The van der Waals surface area contributed by atoms with Gasteiger partial charge in [-0.25, -0.2) is 13.8 Å². The number of nitrogens with two attached hydrogens (primary N) is 2. The van der Waals surface area contributed by atoms with Crippen LogP contribution >= 0.6 is 0 Å². The third-order valence-corrected chi connectivity index (χ3v) is 1.56. The van der Waals surface area contributed by atoms with E-state index in [1.54, 1.807) is 0 Å². The number of carbonyl (C=O) groups excluding carboxylic acids is 1. The van der Waals surface area contributed by atoms with E-state index in [2.05, 4.69) is 4.98 Å². The van der Waals surface area contributed by atoms with Gasteiger partial charge in [0.15, 0.2) is 6.29 Å². The van der Waals surface area contributed by atoms with Gasteiger partial charge in [0.25, 0.3) is 6.43 Å². The average molecular weight is 187 g/mol. The topological polar surface area (TPSA) is 82.0 Å². The number of pyridine rings is 1. The van der Waals surface area contributed by atoms with Crippen molar-refractivity contribution >= 4 is 17.8 Å². The van der Waals surface area contributed by atoms with Gasteiger partial charge in [-0.05, 0) is 0 Å². The number of aromatic nitrogens is 1. The molecule has 1 rings (SSSR count). The van der Waals surface area contributed by atoms with Crippen LogP contribution in [0.2, 0.25) is 0 Å². The molecule has 1 heterocycles. The molecule has 0 bridgehead atoms. The third-order valence-electron chi connectivity index (χ3n) is 1.56. The minimum atomic E-state index is -2.85. The van der Waals surface area contributed by atoms with Crippen LogP contribution in [0.3, 0.4) is 0 Å². The number of halogens is 2. The summed E-state index contributed by atoms with van der Waals surface area (Å²) in [5, 5.41) is 0. The maximum absolute atomic E-state index is 12.3. The molecule has 4 N–H and O–H groups in total. The number of carbonyl (C=O) groups is 1. The summed E-state index contributed by atoms with van der Waals surface area (Å²) in [5.74, 6) is -0.369. The van der Waals surface area contributed by atoms with Gasteiger partial charge in [0.1, 0.15) is 5.82 Å². The molecule has 0 aliphatic heterocycles. The molecule has 70 valence electrons. The van der Waals surface area contributed by atoms with Crippen molar-refractivity contribution in [2.24, 2.45) is 0 Å². The highest BCUT2D eigenvalue weighted by Crippen LogP contribution is 2.29. The van der Waals surface area contributed by atoms with E-state index in [9.17, 15) is 13.6 Å². The number of nitrogens with zero attached hydrogens (tertiary/aromatic N) is 1. The maximum atomic E-state index is 12.3. The van der Waals surface area contributed by atoms with Crippen molar-refractivity contribution in [3.8, 4) is 0 Å². The summed E-state index contributed by atoms with van der Waals surface area (Å²) in [6.07, 6.45) is -1.53. The summed E-state index contributed by atoms with van der Waals surface area (Å²) >= 11 is 0. The van der Waals surface area contributed by atoms with Crippen molar-refractivity contribution in [2.75, 3.05) is 11.5 Å². The van der Waals surface area contributed by atoms with Crippen molar-refractivity contribution in [1.82, 2.24) is 4.98 Å². The van der Waals surface area contributed by atoms with Crippen molar-refractivity contribution in [3.05, 3.63) is 17.3 Å². The lowest BCUT2D eigenvalue weighted by Gasteiger charge is -2.07. The van der Waals surface area contributed by atoms with Crippen LogP contribution in [-0.4, -0.2) is 11.3 Å². The molecule has 0 saturated carbocycles. The van der Waals surface area contributed by atoms with Crippen molar-refractivity contribution in [3.63, 3.8) is 0 Å². The number of rotatable bonds is 2. The lowest BCUT2D eigenvalue weighted by atomic mass is 10.1. The van der Waals surface area contributed by atoms with Crippen molar-refractivity contribution in [1.29, 1.82) is 0 Å². The Morgan fingerprint density at radius 3 is 2.46 bits per heavy atom. The normalized spacial score (nSPS) is 10.4. The standard InChI is InChI=1S/C7H7F2N3O/c8-6(9)5-3(2-13)4(10)1-12-7(5)11/h1-2,6H,10H2,(H2,11,12). The van der Waals surface area contributed by atoms with Gasteiger partial charge in [0.05, 0.1) is 23.0 Å². The highest BCUT2D eigenvalue weighted by molar-refractivity contribution is 5.87. The predicted molar refractivity (Wildman–Crippen MR) is 43.4 cm³/mol. The zero-order valence-electron chi connectivity index (χ0n) is 6.50. The molecular weight excluding hydrogens is 180 g/mol. The summed E-state index contributed by atoms with van der Waals surface area (Å²) in [5.41, 5.74) is 9.43. The number of hydrogen-bond acceptors (Lipinski definition) is 4. The van der Waals surface area contributed by atoms with Gasteiger partial charge in [-0.2, -0.15) is 0 Å². The fourth-order valence-electron chi connectivity index (χ4n) is 0.933. The smallest absolute Gasteiger partial charge is 0.268 e. The summed E-state index contributed by atoms with van der Waals surface area (Å²) < 4.78 is 24.6. The van der Waals surface area contributed by atoms with Crippen LogP contribution in [0.15, 0.2) is 6.20 Å². The van der Waals surface area contributed by atoms with E-state index < -0.39 is 12.0 Å². The van der Waals surface area contributed by atoms with Crippen LogP contribution in [0.5, 0.6) is 0 Å². The van der Waals surface area contributed by atoms with E-state index in [0.717, 1.165) is 6.20 Å². The second-order valence-corrected chi connectivity index (χ2v) is 2.34. The minimum Gasteiger partial charge on any atom is -0.397 e. The minimum absolute atomic E-state index is 0.0977. The van der Waals surface area contributed by atoms with Crippen LogP contribution in [-0.2, 0) is 0 Å². The fourth-order valence-corrected chi connectivity index (χ4v) is 0.933. The van der Waals surface area contributed by atoms with E-state index in [4.69, 9.17) is 11.5 Å². The van der Waals surface area contributed by atoms with Crippen LogP contribution in [0.25, 0.3) is 0 Å². The van der Waals surface area contributed by atoms with Gasteiger partial charge in [-0.3, -0.25) is 4.79 Å². The third kappa shape index (κ3) is 1.56. The quantitative estimate of drug-likeness (QED) is 0.676. The van der Waals surface area contributed by atoms with Gasteiger partial charge in [0, 0.05) is 0 Å². The molecule has 4 nitrogen and oxygen atoms in total. The fraction of sp³-hybridized carbons (Fsp3) is 0.143. The first-order valence-corrected chi connectivity index (χ1v) is 3.35. The number of alkyl halides is 2. The highest BCUT2D eigenvalue weighted by Gasteiger charge is 2.19. The number of aldehydes is 1. The molecule has 0 radical (unpaired) electrons. The van der Waals surface area contributed by atoms with Crippen LogP contribution in [0.1, 0.15) is 22.3 Å². The second kappa shape index (κ2) is 3.34. The number of hydrogen-bond donors (Lipinski definition) is 2. The van der Waals surface area contributed by atoms with E-state index in [-0.39, 0.29) is 23.4 Å². The summed E-state index contributed by atoms with van der Waals surface area (Å²) in [4.78, 5) is 13.8. The Kier molecular flexibility index (Phi) is 2.41. The Balaban J connectivity index is 3.43. The van der Waals surface area contributed by atoms with E-state index in [0.29, 0.717) is 0 Å². The predicted octanol–water partition coefficient (Wildman–Crippen LogP) is 0.996. The van der Waals surface area contributed by atoms with Crippen LogP contribution < -0.4 is 11.5 Å². The lowest BCUT2D eigenvalue weighted by molar-refractivity contribution is 0.110. The van der Waals surface area contributed by atoms with Crippen LogP contribution in [0, 0.1) is 0 Å². The first kappa shape index (κ1) is 9.37. The Morgan fingerprint density at radius 2 is 2.08 bits per heavy atom. The zero-order valence-corrected chi connectivity index (χ0v) is 6.50. The molecule has 0 saturated heterocycles. The van der Waals surface area contributed by atoms with Gasteiger partial charge < -0.3 is 11.5 Å². The van der Waals surface area contributed by atoms with E-state index in [1.807, 2.05) is 0 Å². The first-order chi connectivity index (χ1) is 6.07. The monoisotopic (exact) mass is 187 g/mol. The second-order valence-electron chi connectivity index (χ2n) is 2.34. The maximum Gasteiger partial charge on any atom is 0.268 e. The van der Waals surface area contributed by atoms with Gasteiger partial charge in [-0.15, -0.1) is 0 Å². The van der Waals surface area contributed by atoms with E-state index >= 15 is 0 Å². The van der Waals surface area contributed by atoms with Crippen molar-refractivity contribution < 1.29 is 13.6 Å². The molecule has 6 heteroatoms.